The third-order valence-corrected chi connectivity index (χ3v) is 5.43. The van der Waals surface area contributed by atoms with Gasteiger partial charge < -0.3 is 9.30 Å². The van der Waals surface area contributed by atoms with E-state index < -0.39 is 0 Å². The summed E-state index contributed by atoms with van der Waals surface area (Å²) >= 11 is 0. The number of hydrogen-bond donors (Lipinski definition) is 0. The lowest BCUT2D eigenvalue weighted by Gasteiger charge is -2.44. The molecule has 5 nitrogen and oxygen atoms in total. The summed E-state index contributed by atoms with van der Waals surface area (Å²) in [6, 6.07) is 15.5. The van der Waals surface area contributed by atoms with Crippen molar-refractivity contribution in [2.75, 3.05) is 20.2 Å². The lowest BCUT2D eigenvalue weighted by molar-refractivity contribution is 0.100. The number of nitrogens with zero attached hydrogens (tertiary/aromatic N) is 3. The fourth-order valence-electron chi connectivity index (χ4n) is 4.30. The Morgan fingerprint density at radius 2 is 1.96 bits per heavy atom. The summed E-state index contributed by atoms with van der Waals surface area (Å²) in [7, 11) is 1.64. The van der Waals surface area contributed by atoms with E-state index in [9.17, 15) is 10.1 Å². The molecule has 0 saturated carbocycles. The molecule has 4 rings (SSSR count). The first-order valence-electron chi connectivity index (χ1n) is 8.67. The van der Waals surface area contributed by atoms with Crippen LogP contribution in [0.3, 0.4) is 0 Å². The topological polar surface area (TPSA) is 58.3 Å². The summed E-state index contributed by atoms with van der Waals surface area (Å²) in [6.07, 6.45) is 1.10. The average Bonchev–Trinajstić information content (AvgIpc) is 2.64. The first kappa shape index (κ1) is 15.9. The number of hydrogen-bond acceptors (Lipinski definition) is 4. The van der Waals surface area contributed by atoms with Gasteiger partial charge in [0.15, 0.2) is 0 Å². The summed E-state index contributed by atoms with van der Waals surface area (Å²) in [6.45, 7) is 2.41. The van der Waals surface area contributed by atoms with Gasteiger partial charge in [-0.25, -0.2) is 0 Å². The van der Waals surface area contributed by atoms with E-state index in [1.165, 1.54) is 0 Å². The van der Waals surface area contributed by atoms with Gasteiger partial charge in [-0.05, 0) is 36.1 Å². The van der Waals surface area contributed by atoms with Crippen LogP contribution in [0.4, 0.5) is 0 Å². The highest BCUT2D eigenvalue weighted by Crippen LogP contribution is 2.38. The Balaban J connectivity index is 1.62. The monoisotopic (exact) mass is 335 g/mol. The normalized spacial score (nSPS) is 23.4. The third-order valence-electron chi connectivity index (χ3n) is 5.43. The average molecular weight is 335 g/mol. The summed E-state index contributed by atoms with van der Waals surface area (Å²) in [5.74, 6) is 1.53. The summed E-state index contributed by atoms with van der Waals surface area (Å²) < 4.78 is 7.13. The Hall–Kier alpha value is -2.58. The Morgan fingerprint density at radius 1 is 1.16 bits per heavy atom. The van der Waals surface area contributed by atoms with E-state index >= 15 is 0 Å². The number of likely N-dealkylation sites (tertiary alicyclic amines) is 1. The molecule has 2 aromatic rings. The minimum absolute atomic E-state index is 0.0904. The second-order valence-electron chi connectivity index (χ2n) is 6.96. The van der Waals surface area contributed by atoms with Crippen LogP contribution in [0, 0.1) is 17.2 Å². The lowest BCUT2D eigenvalue weighted by Crippen LogP contribution is -2.47. The molecule has 0 N–H and O–H groups in total. The number of methoxy groups -OCH3 is 1. The van der Waals surface area contributed by atoms with Crippen LogP contribution in [-0.2, 0) is 6.54 Å². The maximum Gasteiger partial charge on any atom is 0.250 e. The number of ether oxygens (including phenoxy) is 1. The van der Waals surface area contributed by atoms with Gasteiger partial charge in [0, 0.05) is 37.3 Å². The lowest BCUT2D eigenvalue weighted by atomic mass is 9.82. The molecule has 1 aromatic heterocycles. The molecular formula is C20H21N3O2. The predicted octanol–water partition coefficient (Wildman–Crippen LogP) is 2.54. The van der Waals surface area contributed by atoms with Crippen molar-refractivity contribution in [3.05, 3.63) is 64.1 Å². The minimum atomic E-state index is -0.266. The molecule has 1 saturated heterocycles. The molecule has 2 aliphatic rings. The predicted molar refractivity (Wildman–Crippen MR) is 94.5 cm³/mol. The standard InChI is InChI=1S/C20H21N3O2/c1-25-17-7-5-15(6-8-17)19(10-21)22-11-14-9-16(13-22)18-3-2-4-20(24)23(18)12-14/h2-8,14,16,19H,9,11-13H2,1H3/t14-,16-,19?/m1/s1. The van der Waals surface area contributed by atoms with E-state index in [0.717, 1.165) is 43.1 Å². The molecule has 3 atom stereocenters. The zero-order chi connectivity index (χ0) is 17.4. The molecule has 3 heterocycles. The van der Waals surface area contributed by atoms with Gasteiger partial charge in [-0.1, -0.05) is 18.2 Å². The second-order valence-corrected chi connectivity index (χ2v) is 6.96. The van der Waals surface area contributed by atoms with Gasteiger partial charge in [-0.3, -0.25) is 9.69 Å². The van der Waals surface area contributed by atoms with Crippen molar-refractivity contribution in [3.63, 3.8) is 0 Å². The van der Waals surface area contributed by atoms with Gasteiger partial charge in [-0.15, -0.1) is 0 Å². The number of fused-ring (bicyclic) bond motifs is 4. The number of aromatic nitrogens is 1. The van der Waals surface area contributed by atoms with Crippen LogP contribution < -0.4 is 10.3 Å². The van der Waals surface area contributed by atoms with Crippen molar-refractivity contribution < 1.29 is 4.74 Å². The summed E-state index contributed by atoms with van der Waals surface area (Å²) in [4.78, 5) is 14.4. The van der Waals surface area contributed by atoms with Gasteiger partial charge in [0.05, 0.1) is 13.2 Å². The first-order chi connectivity index (χ1) is 12.2. The fourth-order valence-corrected chi connectivity index (χ4v) is 4.30. The van der Waals surface area contributed by atoms with Crippen LogP contribution in [0.1, 0.15) is 29.6 Å². The van der Waals surface area contributed by atoms with Crippen molar-refractivity contribution >= 4 is 0 Å². The van der Waals surface area contributed by atoms with Crippen LogP contribution in [0.2, 0.25) is 0 Å². The molecule has 1 fully saturated rings. The van der Waals surface area contributed by atoms with Gasteiger partial charge in [-0.2, -0.15) is 5.26 Å². The van der Waals surface area contributed by atoms with Crippen molar-refractivity contribution in [2.45, 2.75) is 24.9 Å². The van der Waals surface area contributed by atoms with Crippen molar-refractivity contribution in [2.24, 2.45) is 5.92 Å². The van der Waals surface area contributed by atoms with E-state index in [-0.39, 0.29) is 11.6 Å². The minimum Gasteiger partial charge on any atom is -0.497 e. The molecule has 2 bridgehead atoms. The number of piperidine rings is 1. The first-order valence-corrected chi connectivity index (χ1v) is 8.67. The third kappa shape index (κ3) is 2.83. The molecule has 1 aromatic carbocycles. The Morgan fingerprint density at radius 3 is 2.68 bits per heavy atom. The quantitative estimate of drug-likeness (QED) is 0.865. The Kier molecular flexibility index (Phi) is 4.06. The smallest absolute Gasteiger partial charge is 0.250 e. The van der Waals surface area contributed by atoms with Gasteiger partial charge in [0.1, 0.15) is 11.8 Å². The molecular weight excluding hydrogens is 314 g/mol. The maximum absolute atomic E-state index is 12.1. The number of rotatable bonds is 3. The summed E-state index contributed by atoms with van der Waals surface area (Å²) in [5.41, 5.74) is 2.20. The molecule has 0 radical (unpaired) electrons. The highest BCUT2D eigenvalue weighted by Gasteiger charge is 2.37. The molecule has 2 aliphatic heterocycles. The molecule has 0 aliphatic carbocycles. The molecule has 0 amide bonds. The van der Waals surface area contributed by atoms with E-state index in [1.54, 1.807) is 13.2 Å². The van der Waals surface area contributed by atoms with Crippen molar-refractivity contribution in [1.82, 2.24) is 9.47 Å². The second kappa shape index (κ2) is 6.38. The van der Waals surface area contributed by atoms with E-state index in [4.69, 9.17) is 4.74 Å². The van der Waals surface area contributed by atoms with Crippen molar-refractivity contribution in [3.8, 4) is 11.8 Å². The SMILES string of the molecule is COc1ccc(C(C#N)N2C[C@H]3C[C@H](C2)c2cccc(=O)n2C3)cc1. The van der Waals surface area contributed by atoms with Crippen LogP contribution in [0.5, 0.6) is 5.75 Å². The van der Waals surface area contributed by atoms with Gasteiger partial charge in [0.2, 0.25) is 0 Å². The Labute approximate surface area is 147 Å². The molecule has 25 heavy (non-hydrogen) atoms. The Bertz CT molecular complexity index is 866. The van der Waals surface area contributed by atoms with E-state index in [1.807, 2.05) is 34.9 Å². The highest BCUT2D eigenvalue weighted by atomic mass is 16.5. The van der Waals surface area contributed by atoms with E-state index in [0.29, 0.717) is 11.8 Å². The zero-order valence-corrected chi connectivity index (χ0v) is 14.3. The van der Waals surface area contributed by atoms with Crippen LogP contribution in [0.15, 0.2) is 47.3 Å². The molecule has 1 unspecified atom stereocenters. The van der Waals surface area contributed by atoms with Gasteiger partial charge >= 0.3 is 0 Å². The summed E-state index contributed by atoms with van der Waals surface area (Å²) in [5, 5.41) is 9.78. The van der Waals surface area contributed by atoms with E-state index in [2.05, 4.69) is 17.0 Å². The zero-order valence-electron chi connectivity index (χ0n) is 14.3. The van der Waals surface area contributed by atoms with Gasteiger partial charge in [0.25, 0.3) is 5.56 Å². The number of nitriles is 1. The van der Waals surface area contributed by atoms with Crippen LogP contribution in [0.25, 0.3) is 0 Å². The molecule has 128 valence electrons. The van der Waals surface area contributed by atoms with Crippen LogP contribution >= 0.6 is 0 Å². The fraction of sp³-hybridized carbons (Fsp3) is 0.400. The van der Waals surface area contributed by atoms with Crippen LogP contribution in [-0.4, -0.2) is 29.7 Å². The molecule has 5 heteroatoms. The number of benzene rings is 1. The molecule has 0 spiro atoms. The highest BCUT2D eigenvalue weighted by molar-refractivity contribution is 5.32. The van der Waals surface area contributed by atoms with Crippen molar-refractivity contribution in [1.29, 1.82) is 5.26 Å². The largest absolute Gasteiger partial charge is 0.497 e. The maximum atomic E-state index is 12.1. The number of pyridine rings is 1.